The van der Waals surface area contributed by atoms with E-state index in [4.69, 9.17) is 0 Å². The maximum atomic E-state index is 4.54. The van der Waals surface area contributed by atoms with Crippen LogP contribution in [0, 0.1) is 6.92 Å². The molecule has 4 heteroatoms. The van der Waals surface area contributed by atoms with E-state index in [9.17, 15) is 0 Å². The van der Waals surface area contributed by atoms with Crippen LogP contribution in [0.1, 0.15) is 18.2 Å². The Morgan fingerprint density at radius 3 is 2.89 bits per heavy atom. The normalized spacial score (nSPS) is 11.3. The minimum Gasteiger partial charge on any atom is -0.346 e. The molecule has 0 saturated carbocycles. The van der Waals surface area contributed by atoms with Gasteiger partial charge < -0.3 is 9.55 Å². The molecule has 0 aliphatic heterocycles. The number of fused-ring (bicyclic) bond motifs is 1. The smallest absolute Gasteiger partial charge is 0.141 e. The summed E-state index contributed by atoms with van der Waals surface area (Å²) in [4.78, 5) is 12.2. The third kappa shape index (κ3) is 1.61. The van der Waals surface area contributed by atoms with Gasteiger partial charge in [0.1, 0.15) is 11.5 Å². The van der Waals surface area contributed by atoms with Crippen LogP contribution in [0.5, 0.6) is 0 Å². The Morgan fingerprint density at radius 2 is 2.22 bits per heavy atom. The lowest BCUT2D eigenvalue weighted by Gasteiger charge is -2.02. The fourth-order valence-electron chi connectivity index (χ4n) is 2.36. The lowest BCUT2D eigenvalue weighted by Crippen LogP contribution is -1.92. The van der Waals surface area contributed by atoms with Gasteiger partial charge in [0.25, 0.3) is 0 Å². The summed E-state index contributed by atoms with van der Waals surface area (Å²) in [7, 11) is 2.01. The molecule has 0 aliphatic rings. The highest BCUT2D eigenvalue weighted by Crippen LogP contribution is 2.24. The first-order valence-electron chi connectivity index (χ1n) is 6.15. The maximum absolute atomic E-state index is 4.54. The molecule has 4 nitrogen and oxygen atoms in total. The van der Waals surface area contributed by atoms with Crippen molar-refractivity contribution in [3.05, 3.63) is 35.9 Å². The number of aryl methyl sites for hydroxylation is 3. The zero-order valence-electron chi connectivity index (χ0n) is 10.9. The quantitative estimate of drug-likeness (QED) is 0.748. The predicted molar refractivity (Wildman–Crippen MR) is 72.4 cm³/mol. The van der Waals surface area contributed by atoms with Crippen LogP contribution in [0.3, 0.4) is 0 Å². The standard InChI is InChI=1S/C14H16N4/c1-4-10-6-15-13-12(10)5-11(7-16-13)14-17-9(2)8-18(14)3/h5-8H,4H2,1-3H3,(H,15,16). The highest BCUT2D eigenvalue weighted by molar-refractivity contribution is 5.83. The molecule has 0 saturated heterocycles. The van der Waals surface area contributed by atoms with Gasteiger partial charge in [-0.25, -0.2) is 9.97 Å². The van der Waals surface area contributed by atoms with E-state index in [1.54, 1.807) is 0 Å². The van der Waals surface area contributed by atoms with Crippen LogP contribution in [-0.4, -0.2) is 19.5 Å². The first-order valence-corrected chi connectivity index (χ1v) is 6.15. The Morgan fingerprint density at radius 1 is 1.39 bits per heavy atom. The first-order chi connectivity index (χ1) is 8.69. The number of aromatic nitrogens is 4. The molecule has 0 bridgehead atoms. The van der Waals surface area contributed by atoms with Gasteiger partial charge >= 0.3 is 0 Å². The van der Waals surface area contributed by atoms with E-state index in [-0.39, 0.29) is 0 Å². The van der Waals surface area contributed by atoms with Crippen LogP contribution in [0.2, 0.25) is 0 Å². The van der Waals surface area contributed by atoms with E-state index in [1.807, 2.05) is 37.1 Å². The van der Waals surface area contributed by atoms with Crippen LogP contribution in [0.4, 0.5) is 0 Å². The maximum Gasteiger partial charge on any atom is 0.141 e. The van der Waals surface area contributed by atoms with Gasteiger partial charge in [-0.15, -0.1) is 0 Å². The van der Waals surface area contributed by atoms with Gasteiger partial charge in [0.15, 0.2) is 0 Å². The summed E-state index contributed by atoms with van der Waals surface area (Å²) >= 11 is 0. The molecule has 0 unspecified atom stereocenters. The zero-order chi connectivity index (χ0) is 12.7. The van der Waals surface area contributed by atoms with Crippen LogP contribution in [0.15, 0.2) is 24.7 Å². The molecular weight excluding hydrogens is 224 g/mol. The second-order valence-corrected chi connectivity index (χ2v) is 4.60. The van der Waals surface area contributed by atoms with Crippen LogP contribution in [0.25, 0.3) is 22.4 Å². The molecule has 0 fully saturated rings. The highest BCUT2D eigenvalue weighted by atomic mass is 15.0. The summed E-state index contributed by atoms with van der Waals surface area (Å²) in [6.45, 7) is 4.16. The highest BCUT2D eigenvalue weighted by Gasteiger charge is 2.09. The Kier molecular flexibility index (Phi) is 2.44. The SMILES string of the molecule is CCc1c[nH]c2ncc(-c3nc(C)cn3C)cc12. The summed E-state index contributed by atoms with van der Waals surface area (Å²) in [5.41, 5.74) is 4.33. The molecule has 92 valence electrons. The number of rotatable bonds is 2. The van der Waals surface area contributed by atoms with Crippen molar-refractivity contribution in [2.45, 2.75) is 20.3 Å². The molecule has 0 amide bonds. The number of imidazole rings is 1. The van der Waals surface area contributed by atoms with E-state index in [1.165, 1.54) is 10.9 Å². The summed E-state index contributed by atoms with van der Waals surface area (Å²) in [6.07, 6.45) is 6.94. The van der Waals surface area contributed by atoms with Crippen LogP contribution < -0.4 is 0 Å². The second kappa shape index (κ2) is 3.98. The summed E-state index contributed by atoms with van der Waals surface area (Å²) < 4.78 is 2.04. The molecule has 1 N–H and O–H groups in total. The largest absolute Gasteiger partial charge is 0.346 e. The Bertz CT molecular complexity index is 706. The summed E-state index contributed by atoms with van der Waals surface area (Å²) in [6, 6.07) is 2.17. The van der Waals surface area contributed by atoms with Crippen molar-refractivity contribution in [1.29, 1.82) is 0 Å². The number of hydrogen-bond acceptors (Lipinski definition) is 2. The monoisotopic (exact) mass is 240 g/mol. The van der Waals surface area contributed by atoms with E-state index in [0.29, 0.717) is 0 Å². The lowest BCUT2D eigenvalue weighted by atomic mass is 10.1. The molecule has 3 rings (SSSR count). The number of pyridine rings is 1. The molecule has 0 spiro atoms. The third-order valence-corrected chi connectivity index (χ3v) is 3.25. The average molecular weight is 240 g/mol. The van der Waals surface area contributed by atoms with Gasteiger partial charge in [0, 0.05) is 36.6 Å². The van der Waals surface area contributed by atoms with Gasteiger partial charge in [-0.2, -0.15) is 0 Å². The molecule has 0 atom stereocenters. The Labute approximate surface area is 106 Å². The summed E-state index contributed by atoms with van der Waals surface area (Å²) in [5, 5.41) is 1.19. The fourth-order valence-corrected chi connectivity index (χ4v) is 2.36. The van der Waals surface area contributed by atoms with Gasteiger partial charge in [0.05, 0.1) is 5.69 Å². The number of H-pyrrole nitrogens is 1. The molecule has 3 heterocycles. The van der Waals surface area contributed by atoms with E-state index < -0.39 is 0 Å². The van der Waals surface area contributed by atoms with Crippen molar-refractivity contribution in [2.24, 2.45) is 7.05 Å². The van der Waals surface area contributed by atoms with Crippen molar-refractivity contribution >= 4 is 11.0 Å². The van der Waals surface area contributed by atoms with Crippen LogP contribution >= 0.6 is 0 Å². The molecule has 3 aromatic rings. The second-order valence-electron chi connectivity index (χ2n) is 4.60. The number of nitrogens with one attached hydrogen (secondary N) is 1. The van der Waals surface area contributed by atoms with Gasteiger partial charge in [-0.3, -0.25) is 0 Å². The van der Waals surface area contributed by atoms with Gasteiger partial charge in [0.2, 0.25) is 0 Å². The molecular formula is C14H16N4. The minimum absolute atomic E-state index is 0.946. The van der Waals surface area contributed by atoms with Crippen LogP contribution in [-0.2, 0) is 13.5 Å². The Hall–Kier alpha value is -2.10. The fraction of sp³-hybridized carbons (Fsp3) is 0.286. The van der Waals surface area contributed by atoms with Crippen molar-refractivity contribution < 1.29 is 0 Å². The molecule has 18 heavy (non-hydrogen) atoms. The van der Waals surface area contributed by atoms with E-state index in [0.717, 1.165) is 29.1 Å². The first kappa shape index (κ1) is 11.0. The topological polar surface area (TPSA) is 46.5 Å². The van der Waals surface area contributed by atoms with Crippen molar-refractivity contribution in [2.75, 3.05) is 0 Å². The van der Waals surface area contributed by atoms with Crippen molar-refractivity contribution in [3.63, 3.8) is 0 Å². The zero-order valence-corrected chi connectivity index (χ0v) is 10.9. The lowest BCUT2D eigenvalue weighted by molar-refractivity contribution is 0.923. The average Bonchev–Trinajstić information content (AvgIpc) is 2.91. The summed E-state index contributed by atoms with van der Waals surface area (Å²) in [5.74, 6) is 0.963. The molecule has 3 aromatic heterocycles. The Balaban J connectivity index is 2.20. The predicted octanol–water partition coefficient (Wildman–Crippen LogP) is 2.83. The number of nitrogens with zero attached hydrogens (tertiary/aromatic N) is 3. The van der Waals surface area contributed by atoms with Gasteiger partial charge in [-0.05, 0) is 25.0 Å². The van der Waals surface area contributed by atoms with Crippen molar-refractivity contribution in [3.8, 4) is 11.4 Å². The number of hydrogen-bond donors (Lipinski definition) is 1. The minimum atomic E-state index is 0.946. The number of aromatic amines is 1. The third-order valence-electron chi connectivity index (χ3n) is 3.25. The molecule has 0 aromatic carbocycles. The van der Waals surface area contributed by atoms with Gasteiger partial charge in [-0.1, -0.05) is 6.92 Å². The molecule has 0 aliphatic carbocycles. The molecule has 0 radical (unpaired) electrons. The van der Waals surface area contributed by atoms with E-state index >= 15 is 0 Å². The van der Waals surface area contributed by atoms with Crippen molar-refractivity contribution in [1.82, 2.24) is 19.5 Å². The van der Waals surface area contributed by atoms with E-state index in [2.05, 4.69) is 27.9 Å².